The standard InChI is InChI=1S/C21H24F2N4O/c1-14-17(12-20(2)8-9-20)26-18(25-14)13-21(28,19(22)23)15-4-6-16(7-5-15)27-11-3-10-24-27/h3-7,10-11,19,28H,8-9,12-13H2,1-2H3,(H,25,26). The molecule has 1 atom stereocenters. The predicted molar refractivity (Wildman–Crippen MR) is 102 cm³/mol. The van der Waals surface area contributed by atoms with Crippen LogP contribution in [0, 0.1) is 12.3 Å². The Bertz CT molecular complexity index is 945. The van der Waals surface area contributed by atoms with Crippen molar-refractivity contribution in [2.75, 3.05) is 0 Å². The molecule has 2 aromatic heterocycles. The Kier molecular flexibility index (Phi) is 4.57. The van der Waals surface area contributed by atoms with Crippen LogP contribution in [0.25, 0.3) is 5.69 Å². The highest BCUT2D eigenvalue weighted by Gasteiger charge is 2.42. The number of rotatable bonds is 7. The van der Waals surface area contributed by atoms with Gasteiger partial charge in [-0.25, -0.2) is 18.4 Å². The van der Waals surface area contributed by atoms with E-state index in [1.807, 2.05) is 6.92 Å². The molecule has 28 heavy (non-hydrogen) atoms. The Balaban J connectivity index is 1.58. The summed E-state index contributed by atoms with van der Waals surface area (Å²) >= 11 is 0. The van der Waals surface area contributed by atoms with Crippen LogP contribution >= 0.6 is 0 Å². The van der Waals surface area contributed by atoms with Crippen LogP contribution in [-0.2, 0) is 18.4 Å². The first-order chi connectivity index (χ1) is 13.3. The average Bonchev–Trinajstić information content (AvgIpc) is 3.05. The molecule has 1 saturated carbocycles. The van der Waals surface area contributed by atoms with Crippen molar-refractivity contribution in [2.45, 2.75) is 51.6 Å². The molecule has 2 N–H and O–H groups in total. The molecular formula is C21H24F2N4O. The van der Waals surface area contributed by atoms with E-state index in [2.05, 4.69) is 22.0 Å². The van der Waals surface area contributed by atoms with Crippen LogP contribution in [0.5, 0.6) is 0 Å². The molecule has 3 aromatic rings. The van der Waals surface area contributed by atoms with Crippen LogP contribution in [0.3, 0.4) is 0 Å². The third kappa shape index (κ3) is 3.58. The SMILES string of the molecule is Cc1[nH]c(CC(O)(c2ccc(-n3cccn3)cc2)C(F)F)nc1CC1(C)CC1. The molecule has 0 radical (unpaired) electrons. The second-order valence-corrected chi connectivity index (χ2v) is 8.14. The lowest BCUT2D eigenvalue weighted by Crippen LogP contribution is -2.37. The molecule has 0 spiro atoms. The third-order valence-electron chi connectivity index (χ3n) is 5.67. The fraction of sp³-hybridized carbons (Fsp3) is 0.429. The lowest BCUT2D eigenvalue weighted by atomic mass is 9.90. The number of halogens is 2. The number of aliphatic hydroxyl groups is 1. The summed E-state index contributed by atoms with van der Waals surface area (Å²) in [5, 5.41) is 15.0. The van der Waals surface area contributed by atoms with E-state index in [1.165, 1.54) is 12.1 Å². The Morgan fingerprint density at radius 1 is 1.29 bits per heavy atom. The second kappa shape index (κ2) is 6.81. The average molecular weight is 386 g/mol. The number of aromatic amines is 1. The number of aryl methyl sites for hydroxylation is 1. The molecule has 1 aliphatic rings. The van der Waals surface area contributed by atoms with E-state index >= 15 is 0 Å². The van der Waals surface area contributed by atoms with Gasteiger partial charge >= 0.3 is 0 Å². The van der Waals surface area contributed by atoms with Gasteiger partial charge in [0.25, 0.3) is 6.43 Å². The summed E-state index contributed by atoms with van der Waals surface area (Å²) < 4.78 is 29.4. The molecule has 5 nitrogen and oxygen atoms in total. The number of alkyl halides is 2. The van der Waals surface area contributed by atoms with Crippen molar-refractivity contribution in [1.82, 2.24) is 19.7 Å². The maximum absolute atomic E-state index is 13.9. The summed E-state index contributed by atoms with van der Waals surface area (Å²) in [7, 11) is 0. The van der Waals surface area contributed by atoms with E-state index in [4.69, 9.17) is 0 Å². The second-order valence-electron chi connectivity index (χ2n) is 8.14. The molecule has 1 fully saturated rings. The van der Waals surface area contributed by atoms with Gasteiger partial charge in [0.1, 0.15) is 5.82 Å². The van der Waals surface area contributed by atoms with Gasteiger partial charge in [0, 0.05) is 24.5 Å². The van der Waals surface area contributed by atoms with Crippen molar-refractivity contribution in [3.63, 3.8) is 0 Å². The Morgan fingerprint density at radius 3 is 2.57 bits per heavy atom. The van der Waals surface area contributed by atoms with Crippen molar-refractivity contribution < 1.29 is 13.9 Å². The van der Waals surface area contributed by atoms with Crippen LogP contribution in [0.4, 0.5) is 8.78 Å². The fourth-order valence-electron chi connectivity index (χ4n) is 3.50. The van der Waals surface area contributed by atoms with E-state index in [0.717, 1.165) is 36.3 Å². The lowest BCUT2D eigenvalue weighted by molar-refractivity contribution is -0.102. The molecule has 1 unspecified atom stereocenters. The summed E-state index contributed by atoms with van der Waals surface area (Å²) in [6.07, 6.45) is 3.35. The topological polar surface area (TPSA) is 66.7 Å². The molecule has 0 amide bonds. The monoisotopic (exact) mass is 386 g/mol. The first kappa shape index (κ1) is 18.8. The number of nitrogens with one attached hydrogen (secondary N) is 1. The third-order valence-corrected chi connectivity index (χ3v) is 5.67. The van der Waals surface area contributed by atoms with Gasteiger partial charge in [0.15, 0.2) is 5.60 Å². The van der Waals surface area contributed by atoms with Crippen LogP contribution in [0.1, 0.15) is 42.5 Å². The van der Waals surface area contributed by atoms with E-state index in [9.17, 15) is 13.9 Å². The first-order valence-corrected chi connectivity index (χ1v) is 9.45. The van der Waals surface area contributed by atoms with Crippen LogP contribution in [-0.4, -0.2) is 31.3 Å². The zero-order valence-electron chi connectivity index (χ0n) is 16.0. The molecule has 4 rings (SSSR count). The summed E-state index contributed by atoms with van der Waals surface area (Å²) in [5.74, 6) is 0.385. The number of hydrogen-bond donors (Lipinski definition) is 2. The molecule has 2 heterocycles. The van der Waals surface area contributed by atoms with Gasteiger partial charge in [-0.05, 0) is 55.4 Å². The summed E-state index contributed by atoms with van der Waals surface area (Å²) in [4.78, 5) is 7.61. The van der Waals surface area contributed by atoms with Crippen LogP contribution < -0.4 is 0 Å². The summed E-state index contributed by atoms with van der Waals surface area (Å²) in [6.45, 7) is 4.11. The number of nitrogens with zero attached hydrogens (tertiary/aromatic N) is 3. The van der Waals surface area contributed by atoms with Crippen LogP contribution in [0.2, 0.25) is 0 Å². The van der Waals surface area contributed by atoms with Gasteiger partial charge in [-0.2, -0.15) is 5.10 Å². The highest BCUT2D eigenvalue weighted by molar-refractivity contribution is 5.37. The zero-order chi connectivity index (χ0) is 19.9. The smallest absolute Gasteiger partial charge is 0.271 e. The molecule has 148 valence electrons. The predicted octanol–water partition coefficient (Wildman–Crippen LogP) is 3.94. The quantitative estimate of drug-likeness (QED) is 0.646. The molecule has 1 aromatic carbocycles. The molecule has 1 aliphatic carbocycles. The largest absolute Gasteiger partial charge is 0.379 e. The Labute approximate surface area is 162 Å². The first-order valence-electron chi connectivity index (χ1n) is 9.45. The van der Waals surface area contributed by atoms with Gasteiger partial charge in [-0.1, -0.05) is 19.1 Å². The van der Waals surface area contributed by atoms with Crippen molar-refractivity contribution in [3.8, 4) is 5.69 Å². The van der Waals surface area contributed by atoms with Crippen molar-refractivity contribution >= 4 is 0 Å². The minimum Gasteiger partial charge on any atom is -0.379 e. The van der Waals surface area contributed by atoms with E-state index < -0.39 is 12.0 Å². The molecular weight excluding hydrogens is 362 g/mol. The number of hydrogen-bond acceptors (Lipinski definition) is 3. The normalized spacial score (nSPS) is 17.6. The van der Waals surface area contributed by atoms with E-state index in [1.54, 1.807) is 35.3 Å². The van der Waals surface area contributed by atoms with Gasteiger partial charge in [0.2, 0.25) is 0 Å². The number of aromatic nitrogens is 4. The molecule has 0 bridgehead atoms. The van der Waals surface area contributed by atoms with Gasteiger partial charge in [-0.15, -0.1) is 0 Å². The highest BCUT2D eigenvalue weighted by Crippen LogP contribution is 2.47. The van der Waals surface area contributed by atoms with Crippen molar-refractivity contribution in [1.29, 1.82) is 0 Å². The minimum absolute atomic E-state index is 0.156. The van der Waals surface area contributed by atoms with E-state index in [-0.39, 0.29) is 17.4 Å². The van der Waals surface area contributed by atoms with Gasteiger partial charge < -0.3 is 10.1 Å². The number of benzene rings is 1. The number of imidazole rings is 1. The van der Waals surface area contributed by atoms with Gasteiger partial charge in [-0.3, -0.25) is 0 Å². The maximum Gasteiger partial charge on any atom is 0.271 e. The van der Waals surface area contributed by atoms with Gasteiger partial charge in [0.05, 0.1) is 11.4 Å². The lowest BCUT2D eigenvalue weighted by Gasteiger charge is -2.27. The van der Waals surface area contributed by atoms with E-state index in [0.29, 0.717) is 5.82 Å². The molecule has 7 heteroatoms. The minimum atomic E-state index is -2.95. The highest BCUT2D eigenvalue weighted by atomic mass is 19.3. The number of H-pyrrole nitrogens is 1. The summed E-state index contributed by atoms with van der Waals surface area (Å²) in [5.41, 5.74) is 0.642. The fourth-order valence-corrected chi connectivity index (χ4v) is 3.50. The molecule has 0 aliphatic heterocycles. The van der Waals surface area contributed by atoms with Crippen molar-refractivity contribution in [3.05, 3.63) is 65.5 Å². The Morgan fingerprint density at radius 2 is 2.00 bits per heavy atom. The maximum atomic E-state index is 13.9. The molecule has 0 saturated heterocycles. The zero-order valence-corrected chi connectivity index (χ0v) is 16.0. The summed E-state index contributed by atoms with van der Waals surface area (Å²) in [6, 6.07) is 8.16. The van der Waals surface area contributed by atoms with Crippen LogP contribution in [0.15, 0.2) is 42.7 Å². The Hall–Kier alpha value is -2.54. The van der Waals surface area contributed by atoms with Crippen molar-refractivity contribution in [2.24, 2.45) is 5.41 Å².